The highest BCUT2D eigenvalue weighted by molar-refractivity contribution is 9.10. The summed E-state index contributed by atoms with van der Waals surface area (Å²) in [5.74, 6) is -1.02. The van der Waals surface area contributed by atoms with Crippen molar-refractivity contribution in [2.24, 2.45) is 0 Å². The molecule has 6 heteroatoms. The molecule has 0 amide bonds. The normalized spacial score (nSPS) is 14.3. The second kappa shape index (κ2) is 5.85. The van der Waals surface area contributed by atoms with Crippen LogP contribution in [0.2, 0.25) is 0 Å². The van der Waals surface area contributed by atoms with Gasteiger partial charge in [-0.1, -0.05) is 6.92 Å². The van der Waals surface area contributed by atoms with Gasteiger partial charge in [-0.25, -0.2) is 13.8 Å². The van der Waals surface area contributed by atoms with Crippen molar-refractivity contribution >= 4 is 32.5 Å². The SMILES string of the molecule is CCCNc1c2c(nc3c(F)cc(Br)c(F)c13)CCOC2. The lowest BCUT2D eigenvalue weighted by Crippen LogP contribution is -2.16. The van der Waals surface area contributed by atoms with Crippen LogP contribution in [0.1, 0.15) is 24.6 Å². The third-order valence-electron chi connectivity index (χ3n) is 3.57. The molecule has 2 heterocycles. The molecule has 1 aromatic heterocycles. The van der Waals surface area contributed by atoms with Crippen LogP contribution in [0.25, 0.3) is 10.9 Å². The van der Waals surface area contributed by atoms with E-state index in [0.29, 0.717) is 31.9 Å². The van der Waals surface area contributed by atoms with E-state index in [4.69, 9.17) is 4.74 Å². The number of nitrogens with one attached hydrogen (secondary N) is 1. The Bertz CT molecular complexity index is 706. The van der Waals surface area contributed by atoms with Crippen LogP contribution < -0.4 is 5.32 Å². The molecule has 0 atom stereocenters. The fourth-order valence-electron chi connectivity index (χ4n) is 2.57. The molecule has 1 N–H and O–H groups in total. The second-order valence-corrected chi connectivity index (χ2v) is 5.87. The van der Waals surface area contributed by atoms with Gasteiger partial charge in [-0.3, -0.25) is 0 Å². The molecule has 21 heavy (non-hydrogen) atoms. The molecule has 1 aliphatic heterocycles. The van der Waals surface area contributed by atoms with Gasteiger partial charge in [-0.05, 0) is 28.4 Å². The van der Waals surface area contributed by atoms with Crippen LogP contribution in [0, 0.1) is 11.6 Å². The van der Waals surface area contributed by atoms with Gasteiger partial charge < -0.3 is 10.1 Å². The number of aromatic nitrogens is 1. The van der Waals surface area contributed by atoms with E-state index in [1.165, 1.54) is 0 Å². The summed E-state index contributed by atoms with van der Waals surface area (Å²) in [5, 5.41) is 3.41. The first-order chi connectivity index (χ1) is 10.1. The molecule has 3 rings (SSSR count). The number of ether oxygens (including phenoxy) is 1. The molecule has 0 spiro atoms. The third kappa shape index (κ3) is 2.51. The zero-order valence-electron chi connectivity index (χ0n) is 11.6. The highest BCUT2D eigenvalue weighted by atomic mass is 79.9. The van der Waals surface area contributed by atoms with Crippen molar-refractivity contribution in [1.29, 1.82) is 0 Å². The predicted octanol–water partition coefficient (Wildman–Crippen LogP) is 4.17. The third-order valence-corrected chi connectivity index (χ3v) is 4.15. The summed E-state index contributed by atoms with van der Waals surface area (Å²) in [7, 11) is 0. The molecule has 0 fully saturated rings. The van der Waals surface area contributed by atoms with Gasteiger partial charge >= 0.3 is 0 Å². The molecular weight excluding hydrogens is 342 g/mol. The number of benzene rings is 1. The van der Waals surface area contributed by atoms with Crippen LogP contribution in [0.3, 0.4) is 0 Å². The Balaban J connectivity index is 2.35. The number of pyridine rings is 1. The average Bonchev–Trinajstić information content (AvgIpc) is 2.49. The summed E-state index contributed by atoms with van der Waals surface area (Å²) in [4.78, 5) is 4.33. The minimum absolute atomic E-state index is 0.0787. The lowest BCUT2D eigenvalue weighted by atomic mass is 10.0. The second-order valence-electron chi connectivity index (χ2n) is 5.02. The van der Waals surface area contributed by atoms with Crippen molar-refractivity contribution in [3.63, 3.8) is 0 Å². The van der Waals surface area contributed by atoms with Crippen molar-refractivity contribution in [3.05, 3.63) is 33.4 Å². The topological polar surface area (TPSA) is 34.2 Å². The van der Waals surface area contributed by atoms with Gasteiger partial charge in [0.15, 0.2) is 5.82 Å². The largest absolute Gasteiger partial charge is 0.384 e. The molecule has 1 aliphatic rings. The summed E-state index contributed by atoms with van der Waals surface area (Å²) in [6.07, 6.45) is 1.50. The van der Waals surface area contributed by atoms with Gasteiger partial charge in [0.25, 0.3) is 0 Å². The number of anilines is 1. The Hall–Kier alpha value is -1.27. The lowest BCUT2D eigenvalue weighted by molar-refractivity contribution is 0.110. The van der Waals surface area contributed by atoms with E-state index in [1.807, 2.05) is 6.92 Å². The Morgan fingerprint density at radius 2 is 2.24 bits per heavy atom. The average molecular weight is 357 g/mol. The maximum absolute atomic E-state index is 14.5. The first-order valence-corrected chi connectivity index (χ1v) is 7.73. The molecule has 0 bridgehead atoms. The molecule has 0 saturated heterocycles. The smallest absolute Gasteiger partial charge is 0.150 e. The van der Waals surface area contributed by atoms with Gasteiger partial charge in [0, 0.05) is 18.5 Å². The fourth-order valence-corrected chi connectivity index (χ4v) is 2.97. The molecule has 0 radical (unpaired) electrons. The maximum Gasteiger partial charge on any atom is 0.150 e. The van der Waals surface area contributed by atoms with Gasteiger partial charge in [0.1, 0.15) is 11.3 Å². The van der Waals surface area contributed by atoms with E-state index >= 15 is 0 Å². The zero-order valence-corrected chi connectivity index (χ0v) is 13.2. The Kier molecular flexibility index (Phi) is 4.08. The van der Waals surface area contributed by atoms with E-state index < -0.39 is 11.6 Å². The van der Waals surface area contributed by atoms with E-state index in [9.17, 15) is 8.78 Å². The molecule has 3 nitrogen and oxygen atoms in total. The van der Waals surface area contributed by atoms with Crippen molar-refractivity contribution in [2.75, 3.05) is 18.5 Å². The van der Waals surface area contributed by atoms with Gasteiger partial charge in [-0.2, -0.15) is 0 Å². The number of fused-ring (bicyclic) bond motifs is 2. The quantitative estimate of drug-likeness (QED) is 0.838. The summed E-state index contributed by atoms with van der Waals surface area (Å²) in [6.45, 7) is 3.63. The van der Waals surface area contributed by atoms with Crippen LogP contribution in [0.5, 0.6) is 0 Å². The van der Waals surface area contributed by atoms with E-state index in [1.54, 1.807) is 0 Å². The van der Waals surface area contributed by atoms with Crippen molar-refractivity contribution in [1.82, 2.24) is 4.98 Å². The van der Waals surface area contributed by atoms with Gasteiger partial charge in [-0.15, -0.1) is 0 Å². The fraction of sp³-hybridized carbons (Fsp3) is 0.400. The zero-order chi connectivity index (χ0) is 15.0. The predicted molar refractivity (Wildman–Crippen MR) is 81.5 cm³/mol. The first-order valence-electron chi connectivity index (χ1n) is 6.94. The highest BCUT2D eigenvalue weighted by Gasteiger charge is 2.23. The standard InChI is InChI=1S/C15H15BrF2N2O/c1-2-4-19-14-8-7-21-5-3-11(8)20-15-10(17)6-9(16)13(18)12(14)15/h6H,2-5,7H2,1H3,(H,19,20). The Labute approximate surface area is 129 Å². The minimum atomic E-state index is -0.521. The van der Waals surface area contributed by atoms with E-state index in [2.05, 4.69) is 26.2 Å². The van der Waals surface area contributed by atoms with Gasteiger partial charge in [0.05, 0.1) is 34.5 Å². The number of hydrogen-bond acceptors (Lipinski definition) is 3. The first kappa shape index (κ1) is 14.7. The van der Waals surface area contributed by atoms with E-state index in [0.717, 1.165) is 23.7 Å². The molecular formula is C15H15BrF2N2O. The van der Waals surface area contributed by atoms with E-state index in [-0.39, 0.29) is 15.4 Å². The van der Waals surface area contributed by atoms with Crippen molar-refractivity contribution in [3.8, 4) is 0 Å². The number of hydrogen-bond donors (Lipinski definition) is 1. The van der Waals surface area contributed by atoms with Crippen molar-refractivity contribution in [2.45, 2.75) is 26.4 Å². The molecule has 0 saturated carbocycles. The maximum atomic E-state index is 14.5. The summed E-state index contributed by atoms with van der Waals surface area (Å²) in [6, 6.07) is 1.12. The minimum Gasteiger partial charge on any atom is -0.384 e. The highest BCUT2D eigenvalue weighted by Crippen LogP contribution is 2.37. The Morgan fingerprint density at radius 1 is 1.43 bits per heavy atom. The summed E-state index contributed by atoms with van der Waals surface area (Å²) in [5.41, 5.74) is 2.30. The summed E-state index contributed by atoms with van der Waals surface area (Å²) < 4.78 is 34.2. The number of halogens is 3. The van der Waals surface area contributed by atoms with Crippen molar-refractivity contribution < 1.29 is 13.5 Å². The van der Waals surface area contributed by atoms with Crippen LogP contribution in [-0.2, 0) is 17.8 Å². The molecule has 112 valence electrons. The molecule has 0 unspecified atom stereocenters. The Morgan fingerprint density at radius 3 is 3.00 bits per heavy atom. The van der Waals surface area contributed by atoms with Crippen LogP contribution in [-0.4, -0.2) is 18.1 Å². The van der Waals surface area contributed by atoms with Crippen LogP contribution >= 0.6 is 15.9 Å². The lowest BCUT2D eigenvalue weighted by Gasteiger charge is -2.22. The summed E-state index contributed by atoms with van der Waals surface area (Å²) >= 11 is 3.06. The number of nitrogens with zero attached hydrogens (tertiary/aromatic N) is 1. The molecule has 1 aromatic carbocycles. The van der Waals surface area contributed by atoms with Crippen LogP contribution in [0.15, 0.2) is 10.5 Å². The molecule has 0 aliphatic carbocycles. The number of rotatable bonds is 3. The van der Waals surface area contributed by atoms with Gasteiger partial charge in [0.2, 0.25) is 0 Å². The monoisotopic (exact) mass is 356 g/mol. The molecule has 2 aromatic rings. The van der Waals surface area contributed by atoms with Crippen LogP contribution in [0.4, 0.5) is 14.5 Å².